The third-order valence-corrected chi connectivity index (χ3v) is 6.81. The molecule has 0 aliphatic carbocycles. The van der Waals surface area contributed by atoms with Crippen LogP contribution in [0.25, 0.3) is 0 Å². The lowest BCUT2D eigenvalue weighted by atomic mass is 10.1. The summed E-state index contributed by atoms with van der Waals surface area (Å²) in [6.07, 6.45) is 0.498. The lowest BCUT2D eigenvalue weighted by Crippen LogP contribution is -2.13. The maximum Gasteiger partial charge on any atom is 0.185 e. The fourth-order valence-electron chi connectivity index (χ4n) is 3.14. The monoisotopic (exact) mass is 380 g/mol. The van der Waals surface area contributed by atoms with Crippen molar-refractivity contribution in [3.8, 4) is 5.75 Å². The molecule has 0 bridgehead atoms. The summed E-state index contributed by atoms with van der Waals surface area (Å²) < 4.78 is 32.2. The van der Waals surface area contributed by atoms with E-state index in [-0.39, 0.29) is 0 Å². The Kier molecular flexibility index (Phi) is 5.97. The molecule has 3 aromatic rings. The van der Waals surface area contributed by atoms with Crippen LogP contribution in [0.3, 0.4) is 0 Å². The van der Waals surface area contributed by atoms with Crippen LogP contribution in [0.2, 0.25) is 0 Å². The van der Waals surface area contributed by atoms with Crippen LogP contribution in [-0.4, -0.2) is 8.42 Å². The molecule has 3 nitrogen and oxygen atoms in total. The third-order valence-electron chi connectivity index (χ3n) is 4.54. The largest absolute Gasteiger partial charge is 0.489 e. The minimum absolute atomic E-state index is 0.366. The van der Waals surface area contributed by atoms with Gasteiger partial charge in [-0.3, -0.25) is 0 Å². The predicted molar refractivity (Wildman–Crippen MR) is 109 cm³/mol. The van der Waals surface area contributed by atoms with Gasteiger partial charge in [-0.15, -0.1) is 0 Å². The van der Waals surface area contributed by atoms with Crippen molar-refractivity contribution in [2.24, 2.45) is 0 Å². The van der Waals surface area contributed by atoms with Crippen LogP contribution in [0.5, 0.6) is 5.75 Å². The molecule has 0 saturated heterocycles. The highest BCUT2D eigenvalue weighted by molar-refractivity contribution is 7.91. The van der Waals surface area contributed by atoms with Crippen molar-refractivity contribution in [2.45, 2.75) is 37.0 Å². The Morgan fingerprint density at radius 3 is 2.33 bits per heavy atom. The van der Waals surface area contributed by atoms with E-state index in [9.17, 15) is 8.42 Å². The van der Waals surface area contributed by atoms with Gasteiger partial charge in [0.05, 0.1) is 10.1 Å². The van der Waals surface area contributed by atoms with Crippen molar-refractivity contribution in [1.82, 2.24) is 0 Å². The molecule has 3 aromatic carbocycles. The highest BCUT2D eigenvalue weighted by Crippen LogP contribution is 2.33. The molecule has 27 heavy (non-hydrogen) atoms. The lowest BCUT2D eigenvalue weighted by molar-refractivity contribution is 0.306. The first-order chi connectivity index (χ1) is 13.0. The molecule has 0 aliphatic rings. The molecule has 0 heterocycles. The second-order valence-corrected chi connectivity index (χ2v) is 8.74. The van der Waals surface area contributed by atoms with Gasteiger partial charge in [0.1, 0.15) is 12.4 Å². The number of sulfone groups is 1. The molecule has 4 heteroatoms. The molecule has 140 valence electrons. The van der Waals surface area contributed by atoms with E-state index in [1.54, 1.807) is 18.2 Å². The molecular formula is C23H24O3S. The SMILES string of the molecule is CCC(c1cccc(OCc2ccccc2)c1)S(=O)(=O)c1cccc(C)c1. The fourth-order valence-corrected chi connectivity index (χ4v) is 5.03. The number of hydrogen-bond acceptors (Lipinski definition) is 3. The van der Waals surface area contributed by atoms with E-state index >= 15 is 0 Å². The zero-order valence-corrected chi connectivity index (χ0v) is 16.4. The highest BCUT2D eigenvalue weighted by Gasteiger charge is 2.28. The van der Waals surface area contributed by atoms with Crippen LogP contribution >= 0.6 is 0 Å². The zero-order chi connectivity index (χ0) is 19.3. The predicted octanol–water partition coefficient (Wildman–Crippen LogP) is 5.50. The first-order valence-electron chi connectivity index (χ1n) is 9.08. The van der Waals surface area contributed by atoms with E-state index in [1.807, 2.05) is 74.5 Å². The maximum atomic E-state index is 13.2. The van der Waals surface area contributed by atoms with Crippen molar-refractivity contribution in [2.75, 3.05) is 0 Å². The van der Waals surface area contributed by atoms with Gasteiger partial charge in [0.2, 0.25) is 0 Å². The smallest absolute Gasteiger partial charge is 0.185 e. The Balaban J connectivity index is 1.85. The standard InChI is InChI=1S/C23H24O3S/c1-3-23(27(24,25)22-14-7-9-18(2)15-22)20-12-8-13-21(16-20)26-17-19-10-5-4-6-11-19/h4-16,23H,3,17H2,1-2H3. The third kappa shape index (κ3) is 4.58. The molecule has 0 aromatic heterocycles. The van der Waals surface area contributed by atoms with Gasteiger partial charge < -0.3 is 4.74 Å². The molecule has 1 unspecified atom stereocenters. The van der Waals surface area contributed by atoms with Gasteiger partial charge in [-0.2, -0.15) is 0 Å². The van der Waals surface area contributed by atoms with Crippen molar-refractivity contribution in [3.05, 3.63) is 95.6 Å². The van der Waals surface area contributed by atoms with Gasteiger partial charge in [-0.25, -0.2) is 8.42 Å². The normalized spacial score (nSPS) is 12.5. The summed E-state index contributed by atoms with van der Waals surface area (Å²) in [5.74, 6) is 0.675. The van der Waals surface area contributed by atoms with Gasteiger partial charge >= 0.3 is 0 Å². The quantitative estimate of drug-likeness (QED) is 0.544. The Labute approximate surface area is 161 Å². The molecule has 0 saturated carbocycles. The van der Waals surface area contributed by atoms with Crippen molar-refractivity contribution in [3.63, 3.8) is 0 Å². The van der Waals surface area contributed by atoms with Gasteiger partial charge in [-0.05, 0) is 54.3 Å². The number of benzene rings is 3. The average Bonchev–Trinajstić information content (AvgIpc) is 2.68. The number of hydrogen-bond donors (Lipinski definition) is 0. The Bertz CT molecular complexity index is 995. The Hall–Kier alpha value is -2.59. The maximum absolute atomic E-state index is 13.2. The summed E-state index contributed by atoms with van der Waals surface area (Å²) in [6, 6.07) is 24.4. The van der Waals surface area contributed by atoms with Crippen LogP contribution in [0.15, 0.2) is 83.8 Å². The van der Waals surface area contributed by atoms with Crippen LogP contribution in [0, 0.1) is 6.92 Å². The molecule has 0 amide bonds. The van der Waals surface area contributed by atoms with Crippen LogP contribution in [0.1, 0.15) is 35.3 Å². The lowest BCUT2D eigenvalue weighted by Gasteiger charge is -2.18. The average molecular weight is 381 g/mol. The molecule has 0 N–H and O–H groups in total. The van der Waals surface area contributed by atoms with Crippen molar-refractivity contribution in [1.29, 1.82) is 0 Å². The summed E-state index contributed by atoms with van der Waals surface area (Å²) >= 11 is 0. The van der Waals surface area contributed by atoms with Crippen LogP contribution in [-0.2, 0) is 16.4 Å². The second-order valence-electron chi connectivity index (χ2n) is 6.61. The van der Waals surface area contributed by atoms with E-state index < -0.39 is 15.1 Å². The molecule has 0 radical (unpaired) electrons. The zero-order valence-electron chi connectivity index (χ0n) is 15.6. The summed E-state index contributed by atoms with van der Waals surface area (Å²) in [4.78, 5) is 0.366. The van der Waals surface area contributed by atoms with E-state index in [1.165, 1.54) is 0 Å². The Morgan fingerprint density at radius 1 is 0.889 bits per heavy atom. The first kappa shape index (κ1) is 19.2. The van der Waals surface area contributed by atoms with Gasteiger partial charge in [0.25, 0.3) is 0 Å². The summed E-state index contributed by atoms with van der Waals surface area (Å²) in [7, 11) is -3.47. The van der Waals surface area contributed by atoms with E-state index in [0.29, 0.717) is 23.7 Å². The fraction of sp³-hybridized carbons (Fsp3) is 0.217. The molecule has 3 rings (SSSR count). The first-order valence-corrected chi connectivity index (χ1v) is 10.6. The van der Waals surface area contributed by atoms with E-state index in [4.69, 9.17) is 4.74 Å². The highest BCUT2D eigenvalue weighted by atomic mass is 32.2. The number of ether oxygens (including phenoxy) is 1. The number of aryl methyl sites for hydroxylation is 1. The minimum Gasteiger partial charge on any atom is -0.489 e. The minimum atomic E-state index is -3.47. The molecule has 1 atom stereocenters. The molecule has 0 aliphatic heterocycles. The van der Waals surface area contributed by atoms with Crippen LogP contribution in [0.4, 0.5) is 0 Å². The second kappa shape index (κ2) is 8.40. The van der Waals surface area contributed by atoms with E-state index in [0.717, 1.165) is 16.7 Å². The van der Waals surface area contributed by atoms with Crippen molar-refractivity contribution >= 4 is 9.84 Å². The summed E-state index contributed by atoms with van der Waals surface area (Å²) in [5.41, 5.74) is 2.76. The van der Waals surface area contributed by atoms with Crippen LogP contribution < -0.4 is 4.74 Å². The summed E-state index contributed by atoms with van der Waals surface area (Å²) in [5, 5.41) is -0.598. The summed E-state index contributed by atoms with van der Waals surface area (Å²) in [6.45, 7) is 4.25. The number of rotatable bonds is 7. The van der Waals surface area contributed by atoms with Gasteiger partial charge in [0.15, 0.2) is 9.84 Å². The van der Waals surface area contributed by atoms with Crippen molar-refractivity contribution < 1.29 is 13.2 Å². The molecule has 0 spiro atoms. The molecular weight excluding hydrogens is 356 g/mol. The van der Waals surface area contributed by atoms with Gasteiger partial charge in [-0.1, -0.05) is 61.5 Å². The van der Waals surface area contributed by atoms with Gasteiger partial charge in [0, 0.05) is 0 Å². The topological polar surface area (TPSA) is 43.4 Å². The molecule has 0 fully saturated rings. The van der Waals surface area contributed by atoms with E-state index in [2.05, 4.69) is 0 Å². The Morgan fingerprint density at radius 2 is 1.63 bits per heavy atom.